The van der Waals surface area contributed by atoms with Crippen molar-refractivity contribution in [2.24, 2.45) is 0 Å². The lowest BCUT2D eigenvalue weighted by molar-refractivity contribution is 0.405. The molecule has 5 heteroatoms. The quantitative estimate of drug-likeness (QED) is 0.773. The van der Waals surface area contributed by atoms with E-state index in [2.05, 4.69) is 30.9 Å². The Balaban J connectivity index is 0. The SMILES string of the molecule is Cc1ncsc1CN(C)C.Cl.Cl. The molecule has 0 spiro atoms. The lowest BCUT2D eigenvalue weighted by Gasteiger charge is -2.06. The van der Waals surface area contributed by atoms with Gasteiger partial charge in [-0.3, -0.25) is 0 Å². The zero-order chi connectivity index (χ0) is 7.56. The van der Waals surface area contributed by atoms with Crippen molar-refractivity contribution in [1.82, 2.24) is 9.88 Å². The van der Waals surface area contributed by atoms with Gasteiger partial charge in [-0.2, -0.15) is 0 Å². The van der Waals surface area contributed by atoms with Gasteiger partial charge in [0.05, 0.1) is 11.2 Å². The number of halogens is 2. The lowest BCUT2D eigenvalue weighted by atomic mass is 10.4. The first-order chi connectivity index (χ1) is 4.70. The van der Waals surface area contributed by atoms with Crippen LogP contribution < -0.4 is 0 Å². The van der Waals surface area contributed by atoms with E-state index in [1.807, 2.05) is 5.51 Å². The maximum Gasteiger partial charge on any atom is 0.0798 e. The molecule has 0 saturated heterocycles. The molecule has 72 valence electrons. The average molecular weight is 229 g/mol. The normalized spacial score (nSPS) is 9.00. The molecule has 1 aromatic rings. The summed E-state index contributed by atoms with van der Waals surface area (Å²) in [5.74, 6) is 0. The molecule has 2 nitrogen and oxygen atoms in total. The Hall–Kier alpha value is 0.170. The number of nitrogens with zero attached hydrogens (tertiary/aromatic N) is 2. The predicted molar refractivity (Wildman–Crippen MR) is 58.7 cm³/mol. The van der Waals surface area contributed by atoms with E-state index in [-0.39, 0.29) is 24.8 Å². The van der Waals surface area contributed by atoms with Gasteiger partial charge in [0.2, 0.25) is 0 Å². The van der Waals surface area contributed by atoms with E-state index >= 15 is 0 Å². The van der Waals surface area contributed by atoms with E-state index in [4.69, 9.17) is 0 Å². The average Bonchev–Trinajstić information content (AvgIpc) is 2.15. The van der Waals surface area contributed by atoms with Gasteiger partial charge >= 0.3 is 0 Å². The topological polar surface area (TPSA) is 16.1 Å². The van der Waals surface area contributed by atoms with Crippen LogP contribution in [-0.4, -0.2) is 24.0 Å². The van der Waals surface area contributed by atoms with Crippen molar-refractivity contribution in [2.45, 2.75) is 13.5 Å². The van der Waals surface area contributed by atoms with Gasteiger partial charge in [-0.25, -0.2) is 4.98 Å². The second-order valence-corrected chi connectivity index (χ2v) is 3.54. The van der Waals surface area contributed by atoms with Gasteiger partial charge in [0, 0.05) is 11.4 Å². The molecule has 1 aromatic heterocycles. The fraction of sp³-hybridized carbons (Fsp3) is 0.571. The molecule has 0 aromatic carbocycles. The van der Waals surface area contributed by atoms with Gasteiger partial charge < -0.3 is 4.90 Å². The number of aromatic nitrogens is 1. The highest BCUT2D eigenvalue weighted by Gasteiger charge is 2.00. The van der Waals surface area contributed by atoms with E-state index in [1.54, 1.807) is 11.3 Å². The maximum atomic E-state index is 4.16. The van der Waals surface area contributed by atoms with Crippen molar-refractivity contribution < 1.29 is 0 Å². The largest absolute Gasteiger partial charge is 0.304 e. The first kappa shape index (κ1) is 14.7. The van der Waals surface area contributed by atoms with Crippen LogP contribution in [0.15, 0.2) is 5.51 Å². The van der Waals surface area contributed by atoms with Crippen LogP contribution in [0.1, 0.15) is 10.6 Å². The number of hydrogen-bond donors (Lipinski definition) is 0. The van der Waals surface area contributed by atoms with Crippen molar-refractivity contribution in [1.29, 1.82) is 0 Å². The number of thiazole rings is 1. The Morgan fingerprint density at radius 2 is 2.00 bits per heavy atom. The minimum absolute atomic E-state index is 0. The smallest absolute Gasteiger partial charge is 0.0798 e. The summed E-state index contributed by atoms with van der Waals surface area (Å²) >= 11 is 1.73. The lowest BCUT2D eigenvalue weighted by Crippen LogP contribution is -2.10. The molecular weight excluding hydrogens is 215 g/mol. The standard InChI is InChI=1S/C7H12N2S.2ClH/c1-6-7(4-9(2)3)10-5-8-6;;/h5H,4H2,1-3H3;2*1H. The summed E-state index contributed by atoms with van der Waals surface area (Å²) < 4.78 is 0. The van der Waals surface area contributed by atoms with Crippen LogP contribution in [0, 0.1) is 6.92 Å². The highest BCUT2D eigenvalue weighted by molar-refractivity contribution is 7.09. The third-order valence-corrected chi connectivity index (χ3v) is 2.22. The van der Waals surface area contributed by atoms with Gasteiger partial charge in [-0.05, 0) is 21.0 Å². The molecule has 0 atom stereocenters. The van der Waals surface area contributed by atoms with Gasteiger partial charge in [-0.1, -0.05) is 0 Å². The Morgan fingerprint density at radius 1 is 1.42 bits per heavy atom. The summed E-state index contributed by atoms with van der Waals surface area (Å²) in [5, 5.41) is 0. The molecule has 1 heterocycles. The molecule has 0 amide bonds. The molecule has 0 saturated carbocycles. The fourth-order valence-corrected chi connectivity index (χ4v) is 1.66. The van der Waals surface area contributed by atoms with Crippen molar-refractivity contribution in [3.63, 3.8) is 0 Å². The zero-order valence-corrected chi connectivity index (χ0v) is 9.85. The third kappa shape index (κ3) is 4.26. The van der Waals surface area contributed by atoms with Gasteiger partial charge in [-0.15, -0.1) is 36.2 Å². The monoisotopic (exact) mass is 228 g/mol. The Morgan fingerprint density at radius 3 is 2.33 bits per heavy atom. The Kier molecular flexibility index (Phi) is 8.15. The second kappa shape index (κ2) is 6.66. The van der Waals surface area contributed by atoms with E-state index in [0.29, 0.717) is 0 Å². The highest BCUT2D eigenvalue weighted by Crippen LogP contribution is 2.12. The number of hydrogen-bond acceptors (Lipinski definition) is 3. The predicted octanol–water partition coefficient (Wildman–Crippen LogP) is 2.36. The minimum atomic E-state index is 0. The first-order valence-electron chi connectivity index (χ1n) is 3.24. The molecule has 12 heavy (non-hydrogen) atoms. The summed E-state index contributed by atoms with van der Waals surface area (Å²) in [4.78, 5) is 7.68. The van der Waals surface area contributed by atoms with Crippen LogP contribution in [0.5, 0.6) is 0 Å². The summed E-state index contributed by atoms with van der Waals surface area (Å²) in [7, 11) is 4.14. The molecule has 0 aliphatic carbocycles. The summed E-state index contributed by atoms with van der Waals surface area (Å²) in [5.41, 5.74) is 3.06. The molecular formula is C7H14Cl2N2S. The molecule has 0 bridgehead atoms. The molecule has 1 rings (SSSR count). The summed E-state index contributed by atoms with van der Waals surface area (Å²) in [6, 6.07) is 0. The van der Waals surface area contributed by atoms with Gasteiger partial charge in [0.15, 0.2) is 0 Å². The fourth-order valence-electron chi connectivity index (χ4n) is 0.765. The number of rotatable bonds is 2. The molecule has 0 unspecified atom stereocenters. The van der Waals surface area contributed by atoms with Crippen LogP contribution in [-0.2, 0) is 6.54 Å². The summed E-state index contributed by atoms with van der Waals surface area (Å²) in [6.07, 6.45) is 0. The van der Waals surface area contributed by atoms with Crippen molar-refractivity contribution in [2.75, 3.05) is 14.1 Å². The molecule has 0 N–H and O–H groups in total. The minimum Gasteiger partial charge on any atom is -0.304 e. The van der Waals surface area contributed by atoms with Crippen LogP contribution in [0.2, 0.25) is 0 Å². The molecule has 0 radical (unpaired) electrons. The Labute approximate surface area is 89.8 Å². The van der Waals surface area contributed by atoms with E-state index in [9.17, 15) is 0 Å². The van der Waals surface area contributed by atoms with Crippen LogP contribution in [0.25, 0.3) is 0 Å². The van der Waals surface area contributed by atoms with Crippen molar-refractivity contribution in [3.8, 4) is 0 Å². The maximum absolute atomic E-state index is 4.16. The van der Waals surface area contributed by atoms with Gasteiger partial charge in [0.25, 0.3) is 0 Å². The van der Waals surface area contributed by atoms with Crippen LogP contribution in [0.3, 0.4) is 0 Å². The second-order valence-electron chi connectivity index (χ2n) is 2.60. The summed E-state index contributed by atoms with van der Waals surface area (Å²) in [6.45, 7) is 3.06. The van der Waals surface area contributed by atoms with E-state index in [1.165, 1.54) is 10.6 Å². The van der Waals surface area contributed by atoms with E-state index < -0.39 is 0 Å². The van der Waals surface area contributed by atoms with Crippen LogP contribution in [0.4, 0.5) is 0 Å². The Bertz CT molecular complexity index is 213. The highest BCUT2D eigenvalue weighted by atomic mass is 35.5. The van der Waals surface area contributed by atoms with Crippen molar-refractivity contribution in [3.05, 3.63) is 16.1 Å². The van der Waals surface area contributed by atoms with Gasteiger partial charge in [0.1, 0.15) is 0 Å². The van der Waals surface area contributed by atoms with E-state index in [0.717, 1.165) is 6.54 Å². The number of aryl methyl sites for hydroxylation is 1. The molecule has 0 aliphatic rings. The first-order valence-corrected chi connectivity index (χ1v) is 4.12. The zero-order valence-electron chi connectivity index (χ0n) is 7.40. The third-order valence-electron chi connectivity index (χ3n) is 1.30. The van der Waals surface area contributed by atoms with Crippen LogP contribution >= 0.6 is 36.2 Å². The molecule has 0 aliphatic heterocycles. The molecule has 0 fully saturated rings. The van der Waals surface area contributed by atoms with Crippen molar-refractivity contribution >= 4 is 36.2 Å².